The Balaban J connectivity index is -0.00000270. The van der Waals surface area contributed by atoms with Crippen LogP contribution in [0.2, 0.25) is 0 Å². The third-order valence-electron chi connectivity index (χ3n) is 10.4. The highest BCUT2D eigenvalue weighted by Gasteiger charge is 2.15. The average molecular weight is 957 g/mol. The minimum Gasteiger partial charge on any atom is -0.461 e. The highest BCUT2D eigenvalue weighted by Crippen LogP contribution is 2.13. The van der Waals surface area contributed by atoms with Crippen LogP contribution in [0.5, 0.6) is 0 Å². The van der Waals surface area contributed by atoms with Crippen molar-refractivity contribution in [1.29, 1.82) is 0 Å². The van der Waals surface area contributed by atoms with E-state index in [4.69, 9.17) is 18.6 Å². The smallest absolute Gasteiger partial charge is 0.397 e. The summed E-state index contributed by atoms with van der Waals surface area (Å²) in [5.41, 5.74) is 0. The first-order valence-electron chi connectivity index (χ1n) is 24.5. The molecule has 0 aliphatic rings. The van der Waals surface area contributed by atoms with Gasteiger partial charge in [-0.2, -0.15) is 16.8 Å². The molecule has 0 aliphatic carbocycles. The van der Waals surface area contributed by atoms with Crippen molar-refractivity contribution in [3.63, 3.8) is 0 Å². The van der Waals surface area contributed by atoms with Crippen LogP contribution in [-0.2, 0) is 48.2 Å². The molecule has 0 aliphatic heterocycles. The molecule has 64 heavy (non-hydrogen) atoms. The van der Waals surface area contributed by atoms with Gasteiger partial charge in [0.25, 0.3) is 0 Å². The van der Waals surface area contributed by atoms with Gasteiger partial charge in [-0.05, 0) is 92.2 Å². The number of hydrogen-bond acceptors (Lipinski definition) is 12. The van der Waals surface area contributed by atoms with E-state index in [0.717, 1.165) is 53.0 Å². The number of ether oxygens (including phenoxy) is 2. The lowest BCUT2D eigenvalue weighted by atomic mass is 10.1. The van der Waals surface area contributed by atoms with Crippen LogP contribution in [0.15, 0.2) is 24.3 Å². The van der Waals surface area contributed by atoms with Gasteiger partial charge in [-0.1, -0.05) is 141 Å². The van der Waals surface area contributed by atoms with Crippen molar-refractivity contribution in [2.24, 2.45) is 0 Å². The van der Waals surface area contributed by atoms with Gasteiger partial charge in [0.05, 0.1) is 14.2 Å². The summed E-state index contributed by atoms with van der Waals surface area (Å²) < 4.78 is 70.8. The molecule has 0 aromatic rings. The van der Waals surface area contributed by atoms with Crippen molar-refractivity contribution in [3.05, 3.63) is 24.3 Å². The molecule has 0 aromatic carbocycles. The molecule has 0 bridgehead atoms. The first kappa shape index (κ1) is 66.4. The maximum absolute atomic E-state index is 12.3. The topological polar surface area (TPSA) is 186 Å². The zero-order chi connectivity index (χ0) is 48.7. The van der Waals surface area contributed by atoms with Gasteiger partial charge in [0.15, 0.2) is 0 Å². The van der Waals surface area contributed by atoms with E-state index in [0.29, 0.717) is 25.9 Å². The van der Waals surface area contributed by atoms with E-state index in [2.05, 4.69) is 70.4 Å². The number of likely N-dealkylation sites (N-methyl/N-ethyl adjacent to an activating group) is 2. The predicted molar refractivity (Wildman–Crippen MR) is 262 cm³/mol. The molecule has 0 spiro atoms. The number of allylic oxidation sites excluding steroid dienone is 4. The fourth-order valence-electron chi connectivity index (χ4n) is 6.72. The largest absolute Gasteiger partial charge is 0.461 e. The molecule has 0 saturated carbocycles. The molecular formula is C48H96N2O12S2. The Morgan fingerprint density at radius 1 is 0.469 bits per heavy atom. The van der Waals surface area contributed by atoms with E-state index in [1.807, 2.05) is 13.8 Å². The second kappa shape index (κ2) is 47.6. The van der Waals surface area contributed by atoms with Crippen molar-refractivity contribution in [2.75, 3.05) is 54.5 Å². The summed E-state index contributed by atoms with van der Waals surface area (Å²) in [6, 6.07) is 0. The molecule has 0 heterocycles. The quantitative estimate of drug-likeness (QED) is 0.0255. The van der Waals surface area contributed by atoms with Gasteiger partial charge in [-0.3, -0.25) is 27.1 Å². The van der Waals surface area contributed by atoms with Crippen molar-refractivity contribution in [1.82, 2.24) is 9.80 Å². The van der Waals surface area contributed by atoms with Gasteiger partial charge in [-0.25, -0.2) is 0 Å². The number of carbonyl (C=O) groups excluding carboxylic acids is 2. The van der Waals surface area contributed by atoms with Crippen LogP contribution in [0, 0.1) is 0 Å². The predicted octanol–water partition coefficient (Wildman–Crippen LogP) is 11.7. The number of unbranched alkanes of at least 4 members (excludes halogenated alkanes) is 22. The molecule has 2 N–H and O–H groups in total. The van der Waals surface area contributed by atoms with Crippen molar-refractivity contribution >= 4 is 32.7 Å². The van der Waals surface area contributed by atoms with Crippen molar-refractivity contribution in [2.45, 2.75) is 220 Å². The van der Waals surface area contributed by atoms with Gasteiger partial charge in [0.2, 0.25) is 0 Å². The average Bonchev–Trinajstić information content (AvgIpc) is 3.22. The van der Waals surface area contributed by atoms with Gasteiger partial charge in [-0.15, -0.1) is 0 Å². The summed E-state index contributed by atoms with van der Waals surface area (Å²) in [5.74, 6) is -0.152. The van der Waals surface area contributed by atoms with Crippen LogP contribution < -0.4 is 0 Å². The van der Waals surface area contributed by atoms with Gasteiger partial charge in [0.1, 0.15) is 12.2 Å². The van der Waals surface area contributed by atoms with E-state index in [9.17, 15) is 26.4 Å². The Morgan fingerprint density at radius 2 is 0.703 bits per heavy atom. The lowest BCUT2D eigenvalue weighted by Gasteiger charge is -2.26. The Kier molecular flexibility index (Phi) is 49.3. The fraction of sp³-hybridized carbons (Fsp3) is 0.875. The summed E-state index contributed by atoms with van der Waals surface area (Å²) >= 11 is 0. The van der Waals surface area contributed by atoms with Crippen molar-refractivity contribution in [3.8, 4) is 0 Å². The summed E-state index contributed by atoms with van der Waals surface area (Å²) in [4.78, 5) is 29.1. The SMILES string of the molecule is CCCCCCCC/C=C\CCCCCCCC(=O)OC(C)CN(C)CCN(C)CC(C)OC(=O)CCCCCCC/C=C\CCCCCCCC.COS(=O)(=O)O.COS(=O)(=O)O. The minimum atomic E-state index is -4.16. The number of rotatable bonds is 41. The minimum absolute atomic E-state index is 0.0759. The highest BCUT2D eigenvalue weighted by molar-refractivity contribution is 7.81. The van der Waals surface area contributed by atoms with Crippen molar-refractivity contribution < 1.29 is 53.4 Å². The van der Waals surface area contributed by atoms with Crippen LogP contribution in [0.3, 0.4) is 0 Å². The normalized spacial score (nSPS) is 12.9. The van der Waals surface area contributed by atoms with Gasteiger partial charge in [0, 0.05) is 39.0 Å². The molecule has 0 rings (SSSR count). The summed E-state index contributed by atoms with van der Waals surface area (Å²) in [7, 11) is -2.45. The molecule has 0 amide bonds. The third kappa shape index (κ3) is 60.1. The van der Waals surface area contributed by atoms with Crippen LogP contribution in [0.1, 0.15) is 207 Å². The summed E-state index contributed by atoms with van der Waals surface area (Å²) in [5, 5.41) is 0. The van der Waals surface area contributed by atoms with E-state index in [-0.39, 0.29) is 24.1 Å². The summed E-state index contributed by atoms with van der Waals surface area (Å²) in [6.07, 6.45) is 42.9. The van der Waals surface area contributed by atoms with E-state index < -0.39 is 20.8 Å². The number of nitrogens with zero attached hydrogens (tertiary/aromatic N) is 2. The first-order chi connectivity index (χ1) is 30.4. The molecule has 16 heteroatoms. The summed E-state index contributed by atoms with van der Waals surface area (Å²) in [6.45, 7) is 11.7. The monoisotopic (exact) mass is 957 g/mol. The Bertz CT molecular complexity index is 1230. The van der Waals surface area contributed by atoms with Gasteiger partial charge < -0.3 is 19.3 Å². The second-order valence-corrected chi connectivity index (χ2v) is 19.4. The van der Waals surface area contributed by atoms with E-state index in [1.165, 1.54) is 141 Å². The number of esters is 2. The van der Waals surface area contributed by atoms with E-state index >= 15 is 0 Å². The molecule has 0 fully saturated rings. The standard InChI is InChI=1S/C46H88N2O4.2CH4O4S/c1-7-9-11-13-15-17-19-21-23-25-27-29-31-33-35-37-45(49)51-43(3)41-47(5)39-40-48(6)42-44(4)52-46(50)38-36-34-32-30-28-26-24-22-20-18-16-14-12-10-8-2;2*1-5-6(2,3)4/h21-24,43-44H,7-20,25-42H2,1-6H3;2*1H3,(H,2,3,4)/b23-21-,24-22-;;. The van der Waals surface area contributed by atoms with Crippen LogP contribution in [0.4, 0.5) is 0 Å². The maximum Gasteiger partial charge on any atom is 0.397 e. The zero-order valence-electron chi connectivity index (χ0n) is 41.8. The first-order valence-corrected chi connectivity index (χ1v) is 27.3. The van der Waals surface area contributed by atoms with Crippen LogP contribution in [0.25, 0.3) is 0 Å². The lowest BCUT2D eigenvalue weighted by molar-refractivity contribution is -0.150. The molecule has 2 unspecified atom stereocenters. The maximum atomic E-state index is 12.3. The molecule has 0 saturated heterocycles. The third-order valence-corrected chi connectivity index (χ3v) is 11.2. The molecule has 2 atom stereocenters. The second-order valence-electron chi connectivity index (χ2n) is 17.0. The van der Waals surface area contributed by atoms with Gasteiger partial charge >= 0.3 is 32.7 Å². The lowest BCUT2D eigenvalue weighted by Crippen LogP contribution is -2.38. The van der Waals surface area contributed by atoms with Crippen LogP contribution >= 0.6 is 0 Å². The molecule has 0 radical (unpaired) electrons. The Morgan fingerprint density at radius 3 is 0.953 bits per heavy atom. The Hall–Kier alpha value is -1.92. The molecular weight excluding hydrogens is 861 g/mol. The molecule has 14 nitrogen and oxygen atoms in total. The highest BCUT2D eigenvalue weighted by atomic mass is 32.3. The number of hydrogen-bond donors (Lipinski definition) is 2. The molecule has 382 valence electrons. The number of carbonyl (C=O) groups is 2. The molecule has 0 aromatic heterocycles. The van der Waals surface area contributed by atoms with E-state index in [1.54, 1.807) is 0 Å². The fourth-order valence-corrected chi connectivity index (χ4v) is 6.72. The van der Waals surface area contributed by atoms with Crippen LogP contribution in [-0.4, -0.2) is 114 Å². The Labute approximate surface area is 392 Å². The zero-order valence-corrected chi connectivity index (χ0v) is 43.4.